The molecule has 0 aromatic rings. The van der Waals surface area contributed by atoms with Crippen LogP contribution in [0.5, 0.6) is 0 Å². The molecule has 15 unspecified atom stereocenters. The molecule has 0 aromatic carbocycles. The van der Waals surface area contributed by atoms with Gasteiger partial charge < -0.3 is 43.9 Å². The van der Waals surface area contributed by atoms with E-state index in [-0.39, 0.29) is 54.8 Å². The molecule has 3 heterocycles. The van der Waals surface area contributed by atoms with Crippen molar-refractivity contribution in [2.75, 3.05) is 27.9 Å². The molecule has 15 atom stereocenters. The van der Waals surface area contributed by atoms with Gasteiger partial charge >= 0.3 is 5.97 Å². The highest BCUT2D eigenvalue weighted by Gasteiger charge is 2.53. The Bertz CT molecular complexity index is 1760. The summed E-state index contributed by atoms with van der Waals surface area (Å²) in [7, 11) is 4.52. The molecular weight excluding hydrogens is 835 g/mol. The Balaban J connectivity index is 1.69. The number of ketones is 3. The number of carbonyl (C=O) groups excluding carboxylic acids is 5. The highest BCUT2D eigenvalue weighted by molar-refractivity contribution is 6.39. The molecule has 0 spiro atoms. The normalized spacial score (nSPS) is 38.8. The Hall–Kier alpha value is -3.37. The summed E-state index contributed by atoms with van der Waals surface area (Å²) in [6, 6.07) is -1.14. The van der Waals surface area contributed by atoms with E-state index in [0.717, 1.165) is 17.6 Å². The number of amides is 1. The number of hydrogen-bond donors (Lipinski definition) is 3. The first-order chi connectivity index (χ1) is 30.7. The van der Waals surface area contributed by atoms with Crippen LogP contribution in [0.25, 0.3) is 0 Å². The van der Waals surface area contributed by atoms with Gasteiger partial charge in [0.2, 0.25) is 5.79 Å². The molecule has 2 saturated heterocycles. The number of hydrogen-bond acceptors (Lipinski definition) is 13. The monoisotopic (exact) mass is 914 g/mol. The molecule has 3 fully saturated rings. The molecule has 4 rings (SSSR count). The number of Topliss-reactive ketones (excluding diaryl/α,β-unsaturated/α-hetero) is 3. The molecule has 14 nitrogen and oxygen atoms in total. The van der Waals surface area contributed by atoms with Crippen LogP contribution in [0.15, 0.2) is 47.6 Å². The maximum absolute atomic E-state index is 14.3. The van der Waals surface area contributed by atoms with E-state index in [4.69, 9.17) is 23.7 Å². The number of allylic oxidation sites excluding steroid dienone is 6. The smallest absolute Gasteiger partial charge is 0.329 e. The van der Waals surface area contributed by atoms with Gasteiger partial charge in [0.25, 0.3) is 11.7 Å². The van der Waals surface area contributed by atoms with E-state index in [2.05, 4.69) is 0 Å². The largest absolute Gasteiger partial charge is 0.460 e. The lowest BCUT2D eigenvalue weighted by molar-refractivity contribution is -0.265. The Labute approximate surface area is 387 Å². The van der Waals surface area contributed by atoms with Crippen LogP contribution >= 0.6 is 0 Å². The molecule has 1 aliphatic carbocycles. The molecule has 65 heavy (non-hydrogen) atoms. The van der Waals surface area contributed by atoms with E-state index in [1.165, 1.54) is 24.2 Å². The van der Waals surface area contributed by atoms with E-state index in [9.17, 15) is 39.3 Å². The van der Waals surface area contributed by atoms with Crippen molar-refractivity contribution in [1.29, 1.82) is 0 Å². The van der Waals surface area contributed by atoms with Gasteiger partial charge in [-0.1, -0.05) is 76.6 Å². The zero-order valence-corrected chi connectivity index (χ0v) is 40.6. The number of aliphatic hydroxyl groups excluding tert-OH is 2. The number of aliphatic hydroxyl groups is 3. The molecule has 0 radical (unpaired) electrons. The van der Waals surface area contributed by atoms with Crippen LogP contribution in [0.1, 0.15) is 126 Å². The number of esters is 1. The SMILES string of the molecule is COC1CC2CCC(C)C(O)(O2)C(=O)C(=O)N2CCCCC2C(=O)OC(C(C)CC2CCC(O)C(OC)C2)CC(=O)C(C)/C=C/C(O)C(OC)C(=O)C(C)CC(C)/C=C/C=C(C)C=C1C. The highest BCUT2D eigenvalue weighted by atomic mass is 16.6. The minimum atomic E-state index is -2.43. The summed E-state index contributed by atoms with van der Waals surface area (Å²) in [5.41, 5.74) is 1.84. The summed E-state index contributed by atoms with van der Waals surface area (Å²) in [4.78, 5) is 71.5. The summed E-state index contributed by atoms with van der Waals surface area (Å²) in [5, 5.41) is 33.6. The second-order valence-electron chi connectivity index (χ2n) is 19.6. The van der Waals surface area contributed by atoms with Crippen LogP contribution in [-0.2, 0) is 47.7 Å². The van der Waals surface area contributed by atoms with Gasteiger partial charge in [0.05, 0.1) is 24.4 Å². The minimum absolute atomic E-state index is 0.0177. The van der Waals surface area contributed by atoms with Crippen molar-refractivity contribution < 1.29 is 63.0 Å². The van der Waals surface area contributed by atoms with Crippen molar-refractivity contribution in [2.24, 2.45) is 35.5 Å². The van der Waals surface area contributed by atoms with Crippen molar-refractivity contribution in [2.45, 2.75) is 180 Å². The number of methoxy groups -OCH3 is 3. The van der Waals surface area contributed by atoms with E-state index in [1.807, 2.05) is 58.9 Å². The maximum Gasteiger partial charge on any atom is 0.329 e. The third-order valence-corrected chi connectivity index (χ3v) is 14.4. The molecule has 4 aliphatic rings. The molecule has 3 aliphatic heterocycles. The van der Waals surface area contributed by atoms with Crippen LogP contribution in [-0.4, -0.2) is 132 Å². The molecule has 0 aromatic heterocycles. The van der Waals surface area contributed by atoms with Crippen molar-refractivity contribution in [3.05, 3.63) is 47.6 Å². The second kappa shape index (κ2) is 25.1. The number of piperidine rings is 1. The van der Waals surface area contributed by atoms with Gasteiger partial charge in [-0.15, -0.1) is 0 Å². The van der Waals surface area contributed by atoms with Crippen LogP contribution in [0.4, 0.5) is 0 Å². The van der Waals surface area contributed by atoms with Gasteiger partial charge in [0.1, 0.15) is 30.1 Å². The number of cyclic esters (lactones) is 1. The first kappa shape index (κ1) is 54.2. The number of fused-ring (bicyclic) bond motifs is 3. The van der Waals surface area contributed by atoms with Gasteiger partial charge in [-0.3, -0.25) is 19.2 Å². The van der Waals surface area contributed by atoms with Gasteiger partial charge in [-0.25, -0.2) is 4.79 Å². The Morgan fingerprint density at radius 2 is 1.58 bits per heavy atom. The lowest BCUT2D eigenvalue weighted by atomic mass is 9.78. The van der Waals surface area contributed by atoms with Crippen LogP contribution < -0.4 is 0 Å². The fraction of sp³-hybridized carbons (Fsp3) is 0.745. The summed E-state index contributed by atoms with van der Waals surface area (Å²) in [5.74, 6) is -7.97. The zero-order chi connectivity index (χ0) is 48.2. The summed E-state index contributed by atoms with van der Waals surface area (Å²) >= 11 is 0. The summed E-state index contributed by atoms with van der Waals surface area (Å²) in [6.07, 6.45) is 10.8. The van der Waals surface area contributed by atoms with Gasteiger partial charge in [-0.05, 0) is 101 Å². The van der Waals surface area contributed by atoms with Crippen LogP contribution in [0.3, 0.4) is 0 Å². The average Bonchev–Trinajstić information content (AvgIpc) is 3.27. The lowest BCUT2D eigenvalue weighted by Crippen LogP contribution is -2.61. The fourth-order valence-electron chi connectivity index (χ4n) is 10.1. The number of nitrogens with zero attached hydrogens (tertiary/aromatic N) is 1. The predicted octanol–water partition coefficient (Wildman–Crippen LogP) is 6.18. The number of ether oxygens (including phenoxy) is 5. The van der Waals surface area contributed by atoms with Gasteiger partial charge in [-0.2, -0.15) is 0 Å². The van der Waals surface area contributed by atoms with E-state index in [1.54, 1.807) is 28.1 Å². The van der Waals surface area contributed by atoms with Crippen molar-refractivity contribution in [3.8, 4) is 0 Å². The van der Waals surface area contributed by atoms with Gasteiger partial charge in [0.15, 0.2) is 5.78 Å². The molecular formula is C51H79NO13. The first-order valence-electron chi connectivity index (χ1n) is 23.9. The van der Waals surface area contributed by atoms with Crippen molar-refractivity contribution >= 4 is 29.2 Å². The third kappa shape index (κ3) is 14.6. The van der Waals surface area contributed by atoms with Crippen molar-refractivity contribution in [1.82, 2.24) is 4.90 Å². The quantitative estimate of drug-likeness (QED) is 0.156. The minimum Gasteiger partial charge on any atom is -0.460 e. The molecule has 1 saturated carbocycles. The number of carbonyl (C=O) groups is 5. The molecule has 2 bridgehead atoms. The highest BCUT2D eigenvalue weighted by Crippen LogP contribution is 2.38. The maximum atomic E-state index is 14.3. The summed E-state index contributed by atoms with van der Waals surface area (Å²) < 4.78 is 29.3. The van der Waals surface area contributed by atoms with E-state index < -0.39 is 83.9 Å². The fourth-order valence-corrected chi connectivity index (χ4v) is 10.1. The predicted molar refractivity (Wildman–Crippen MR) is 245 cm³/mol. The third-order valence-electron chi connectivity index (χ3n) is 14.4. The first-order valence-corrected chi connectivity index (χ1v) is 23.9. The molecule has 1 amide bonds. The van der Waals surface area contributed by atoms with Crippen molar-refractivity contribution in [3.63, 3.8) is 0 Å². The zero-order valence-electron chi connectivity index (χ0n) is 40.6. The lowest BCUT2D eigenvalue weighted by Gasteiger charge is -2.42. The average molecular weight is 914 g/mol. The molecule has 3 N–H and O–H groups in total. The molecule has 14 heteroatoms. The second-order valence-corrected chi connectivity index (χ2v) is 19.6. The van der Waals surface area contributed by atoms with Crippen LogP contribution in [0, 0.1) is 35.5 Å². The standard InChI is InChI=1S/C51H79NO13/c1-30-14-13-15-31(2)25-35(6)46(56)47(63-10)41(54)21-17-32(3)42(55)29-44(34(5)26-37-19-22-40(53)45(27-37)62-9)64-50(59)39-16-11-12-23-52(39)49(58)48(57)51(60)36(7)18-20-38(65-51)28-43(61-8)33(4)24-30/h13-15,17,21,24,31-32,34-41,43-45,47,53-54,60H,11-12,16,18-20,22-23,25-29H2,1-10H3/b15-13+,21-17+,30-14?,33-24?. The molecule has 366 valence electrons. The Morgan fingerprint density at radius 3 is 2.26 bits per heavy atom. The van der Waals surface area contributed by atoms with Gasteiger partial charge in [0, 0.05) is 58.5 Å². The number of rotatable bonds is 6. The van der Waals surface area contributed by atoms with E-state index >= 15 is 0 Å². The van der Waals surface area contributed by atoms with E-state index in [0.29, 0.717) is 57.8 Å². The summed E-state index contributed by atoms with van der Waals surface area (Å²) in [6.45, 7) is 13.0. The van der Waals surface area contributed by atoms with Crippen LogP contribution in [0.2, 0.25) is 0 Å². The Morgan fingerprint density at radius 1 is 0.862 bits per heavy atom. The topological polar surface area (TPSA) is 195 Å². The Kier molecular flexibility index (Phi) is 21.0.